The van der Waals surface area contributed by atoms with Crippen LogP contribution < -0.4 is 5.56 Å². The number of H-pyrrole nitrogens is 1. The topological polar surface area (TPSA) is 55.0 Å². The van der Waals surface area contributed by atoms with E-state index in [0.717, 1.165) is 48.7 Å². The molecule has 0 amide bonds. The Kier molecular flexibility index (Phi) is 4.08. The number of rotatable bonds is 3. The van der Waals surface area contributed by atoms with Crippen LogP contribution in [0.5, 0.6) is 0 Å². The highest BCUT2D eigenvalue weighted by atomic mass is 32.2. The molecule has 106 valence electrons. The van der Waals surface area contributed by atoms with Gasteiger partial charge in [-0.2, -0.15) is 11.8 Å². The molecule has 1 aliphatic heterocycles. The van der Waals surface area contributed by atoms with Crippen LogP contribution in [0.25, 0.3) is 10.9 Å². The lowest BCUT2D eigenvalue weighted by atomic mass is 10.1. The van der Waals surface area contributed by atoms with Crippen LogP contribution in [0, 0.1) is 6.92 Å². The smallest absolute Gasteiger partial charge is 0.258 e. The van der Waals surface area contributed by atoms with Gasteiger partial charge in [0.05, 0.1) is 16.7 Å². The van der Waals surface area contributed by atoms with Gasteiger partial charge in [0.25, 0.3) is 5.56 Å². The van der Waals surface area contributed by atoms with Crippen molar-refractivity contribution in [3.05, 3.63) is 39.9 Å². The monoisotopic (exact) mass is 290 g/mol. The van der Waals surface area contributed by atoms with E-state index in [1.54, 1.807) is 0 Å². The van der Waals surface area contributed by atoms with Crippen molar-refractivity contribution in [3.63, 3.8) is 0 Å². The van der Waals surface area contributed by atoms with E-state index in [9.17, 15) is 4.79 Å². The summed E-state index contributed by atoms with van der Waals surface area (Å²) in [5.74, 6) is 1.53. The van der Waals surface area contributed by atoms with Gasteiger partial charge in [-0.25, -0.2) is 4.98 Å². The molecule has 0 radical (unpaired) electrons. The van der Waals surface area contributed by atoms with Crippen molar-refractivity contribution in [1.29, 1.82) is 0 Å². The minimum absolute atomic E-state index is 0.0405. The Bertz CT molecular complexity index is 662. The Morgan fingerprint density at radius 2 is 2.20 bits per heavy atom. The van der Waals surface area contributed by atoms with E-state index in [1.807, 2.05) is 36.9 Å². The van der Waals surface area contributed by atoms with Crippen molar-refractivity contribution in [2.75, 3.05) is 13.2 Å². The molecule has 1 aliphatic rings. The van der Waals surface area contributed by atoms with Crippen LogP contribution in [0.15, 0.2) is 23.0 Å². The first kappa shape index (κ1) is 13.6. The average molecular weight is 290 g/mol. The highest BCUT2D eigenvalue weighted by molar-refractivity contribution is 7.99. The zero-order valence-electron chi connectivity index (χ0n) is 11.5. The molecule has 3 rings (SSSR count). The van der Waals surface area contributed by atoms with Gasteiger partial charge in [0.1, 0.15) is 5.82 Å². The first-order chi connectivity index (χ1) is 9.74. The third-order valence-corrected chi connectivity index (χ3v) is 4.99. The van der Waals surface area contributed by atoms with Crippen LogP contribution in [0.3, 0.4) is 0 Å². The quantitative estimate of drug-likeness (QED) is 0.944. The van der Waals surface area contributed by atoms with Gasteiger partial charge >= 0.3 is 0 Å². The molecule has 0 unspecified atom stereocenters. The van der Waals surface area contributed by atoms with E-state index >= 15 is 0 Å². The maximum absolute atomic E-state index is 12.1. The summed E-state index contributed by atoms with van der Waals surface area (Å²) in [6, 6.07) is 5.71. The van der Waals surface area contributed by atoms with E-state index < -0.39 is 0 Å². The highest BCUT2D eigenvalue weighted by Crippen LogP contribution is 2.24. The molecule has 1 fully saturated rings. The minimum atomic E-state index is -0.0405. The third kappa shape index (κ3) is 2.88. The normalized spacial score (nSPS) is 16.6. The fraction of sp³-hybridized carbons (Fsp3) is 0.467. The summed E-state index contributed by atoms with van der Waals surface area (Å²) in [6.07, 6.45) is 2.17. The molecule has 0 aliphatic carbocycles. The molecular formula is C15H18N2O2S. The van der Waals surface area contributed by atoms with E-state index in [2.05, 4.69) is 9.97 Å². The van der Waals surface area contributed by atoms with Crippen molar-refractivity contribution in [2.24, 2.45) is 0 Å². The number of para-hydroxylation sites is 1. The first-order valence-electron chi connectivity index (χ1n) is 6.92. The summed E-state index contributed by atoms with van der Waals surface area (Å²) in [5, 5.41) is 1.28. The lowest BCUT2D eigenvalue weighted by Gasteiger charge is -2.21. The van der Waals surface area contributed by atoms with Gasteiger partial charge in [-0.05, 0) is 31.4 Å². The number of aromatic amines is 1. The Morgan fingerprint density at radius 3 is 3.00 bits per heavy atom. The van der Waals surface area contributed by atoms with Gasteiger partial charge in [-0.1, -0.05) is 12.1 Å². The van der Waals surface area contributed by atoms with Crippen LogP contribution in [0.2, 0.25) is 0 Å². The molecule has 4 nitrogen and oxygen atoms in total. The molecule has 20 heavy (non-hydrogen) atoms. The molecule has 1 aromatic heterocycles. The molecule has 1 aromatic carbocycles. The minimum Gasteiger partial charge on any atom is -0.381 e. The van der Waals surface area contributed by atoms with Gasteiger partial charge in [-0.15, -0.1) is 0 Å². The van der Waals surface area contributed by atoms with Crippen LogP contribution in [-0.2, 0) is 10.5 Å². The number of nitrogens with zero attached hydrogens (tertiary/aromatic N) is 1. The van der Waals surface area contributed by atoms with Crippen LogP contribution in [0.4, 0.5) is 0 Å². The Balaban J connectivity index is 1.81. The number of nitrogens with one attached hydrogen (secondary N) is 1. The lowest BCUT2D eigenvalue weighted by Crippen LogP contribution is -2.18. The number of aromatic nitrogens is 2. The van der Waals surface area contributed by atoms with E-state index in [-0.39, 0.29) is 5.56 Å². The number of fused-ring (bicyclic) bond motifs is 1. The third-order valence-electron chi connectivity index (χ3n) is 3.61. The SMILES string of the molecule is Cc1cccc2c(=O)[nH]c(CSC3CCOCC3)nc12. The molecule has 0 bridgehead atoms. The van der Waals surface area contributed by atoms with Crippen molar-refractivity contribution in [1.82, 2.24) is 9.97 Å². The van der Waals surface area contributed by atoms with Gasteiger partial charge in [-0.3, -0.25) is 4.79 Å². The standard InChI is InChI=1S/C15H18N2O2S/c1-10-3-2-4-12-14(10)16-13(17-15(12)18)9-20-11-5-7-19-8-6-11/h2-4,11H,5-9H2,1H3,(H,16,17,18). The zero-order chi connectivity index (χ0) is 13.9. The summed E-state index contributed by atoms with van der Waals surface area (Å²) >= 11 is 1.86. The van der Waals surface area contributed by atoms with Crippen molar-refractivity contribution >= 4 is 22.7 Å². The van der Waals surface area contributed by atoms with Crippen LogP contribution in [0.1, 0.15) is 24.2 Å². The van der Waals surface area contributed by atoms with Crippen LogP contribution in [-0.4, -0.2) is 28.4 Å². The molecule has 2 aromatic rings. The van der Waals surface area contributed by atoms with Gasteiger partial charge in [0, 0.05) is 18.5 Å². The van der Waals surface area contributed by atoms with E-state index in [1.165, 1.54) is 0 Å². The van der Waals surface area contributed by atoms with Crippen molar-refractivity contribution in [2.45, 2.75) is 30.8 Å². The second-order valence-electron chi connectivity index (χ2n) is 5.11. The van der Waals surface area contributed by atoms with E-state index in [0.29, 0.717) is 10.6 Å². The highest BCUT2D eigenvalue weighted by Gasteiger charge is 2.15. The van der Waals surface area contributed by atoms with Crippen LogP contribution >= 0.6 is 11.8 Å². The molecule has 0 spiro atoms. The predicted octanol–water partition coefficient (Wildman–Crippen LogP) is 2.64. The summed E-state index contributed by atoms with van der Waals surface area (Å²) in [5.41, 5.74) is 1.83. The maximum Gasteiger partial charge on any atom is 0.258 e. The maximum atomic E-state index is 12.1. The molecule has 0 saturated carbocycles. The Morgan fingerprint density at radius 1 is 1.40 bits per heavy atom. The molecule has 1 saturated heterocycles. The van der Waals surface area contributed by atoms with Crippen molar-refractivity contribution < 1.29 is 4.74 Å². The molecule has 5 heteroatoms. The number of thioether (sulfide) groups is 1. The van der Waals surface area contributed by atoms with E-state index in [4.69, 9.17) is 4.74 Å². The number of hydrogen-bond acceptors (Lipinski definition) is 4. The van der Waals surface area contributed by atoms with Crippen molar-refractivity contribution in [3.8, 4) is 0 Å². The summed E-state index contributed by atoms with van der Waals surface area (Å²) in [7, 11) is 0. The largest absolute Gasteiger partial charge is 0.381 e. The fourth-order valence-corrected chi connectivity index (χ4v) is 3.52. The average Bonchev–Trinajstić information content (AvgIpc) is 2.47. The van der Waals surface area contributed by atoms with Gasteiger partial charge < -0.3 is 9.72 Å². The molecule has 1 N–H and O–H groups in total. The zero-order valence-corrected chi connectivity index (χ0v) is 12.3. The second kappa shape index (κ2) is 5.97. The Hall–Kier alpha value is -1.33. The van der Waals surface area contributed by atoms with Gasteiger partial charge in [0.15, 0.2) is 0 Å². The summed E-state index contributed by atoms with van der Waals surface area (Å²) in [6.45, 7) is 3.68. The number of hydrogen-bond donors (Lipinski definition) is 1. The molecule has 0 atom stereocenters. The summed E-state index contributed by atoms with van der Waals surface area (Å²) in [4.78, 5) is 19.6. The number of aryl methyl sites for hydroxylation is 1. The Labute approximate surface area is 121 Å². The molecule has 2 heterocycles. The number of ether oxygens (including phenoxy) is 1. The lowest BCUT2D eigenvalue weighted by molar-refractivity contribution is 0.1000. The first-order valence-corrected chi connectivity index (χ1v) is 7.97. The van der Waals surface area contributed by atoms with Gasteiger partial charge in [0.2, 0.25) is 0 Å². The summed E-state index contributed by atoms with van der Waals surface area (Å²) < 4.78 is 5.36. The number of benzene rings is 1. The predicted molar refractivity (Wildman–Crippen MR) is 82.2 cm³/mol. The fourth-order valence-electron chi connectivity index (χ4n) is 2.46. The molecular weight excluding hydrogens is 272 g/mol. The second-order valence-corrected chi connectivity index (χ2v) is 6.40.